The van der Waals surface area contributed by atoms with Crippen molar-refractivity contribution in [2.45, 2.75) is 12.6 Å². The Morgan fingerprint density at radius 2 is 2.54 bits per heavy atom. The average Bonchev–Trinajstić information content (AvgIpc) is 2.62. The number of rotatable bonds is 5. The molecule has 1 aromatic rings. The van der Waals surface area contributed by atoms with Gasteiger partial charge in [0.05, 0.1) is 19.2 Å². The molecule has 1 unspecified atom stereocenters. The minimum absolute atomic E-state index is 0.161. The van der Waals surface area contributed by atoms with Crippen molar-refractivity contribution < 1.29 is 14.4 Å². The van der Waals surface area contributed by atoms with Gasteiger partial charge in [-0.25, -0.2) is 0 Å². The number of aromatic nitrogens is 2. The Balaban J connectivity index is 2.57. The summed E-state index contributed by atoms with van der Waals surface area (Å²) in [6.45, 7) is -0.0886. The summed E-state index contributed by atoms with van der Waals surface area (Å²) >= 11 is 0. The van der Waals surface area contributed by atoms with Crippen molar-refractivity contribution in [3.63, 3.8) is 0 Å². The molecule has 0 aliphatic heterocycles. The van der Waals surface area contributed by atoms with Gasteiger partial charge in [-0.05, 0) is 0 Å². The van der Waals surface area contributed by atoms with Gasteiger partial charge in [0.15, 0.2) is 5.82 Å². The Kier molecular flexibility index (Phi) is 3.35. The van der Waals surface area contributed by atoms with Crippen molar-refractivity contribution in [1.29, 1.82) is 0 Å². The highest BCUT2D eigenvalue weighted by atomic mass is 16.5. The summed E-state index contributed by atoms with van der Waals surface area (Å²) in [5.74, 6) is 0.483. The molecule has 0 spiro atoms. The van der Waals surface area contributed by atoms with Crippen LogP contribution in [0.25, 0.3) is 0 Å². The second-order valence-electron chi connectivity index (χ2n) is 2.33. The molecule has 0 bridgehead atoms. The van der Waals surface area contributed by atoms with Crippen LogP contribution >= 0.6 is 0 Å². The van der Waals surface area contributed by atoms with E-state index in [4.69, 9.17) is 15.4 Å². The number of hydrogen-bond acceptors (Lipinski definition) is 6. The number of nitrogens with one attached hydrogen (secondary N) is 1. The van der Waals surface area contributed by atoms with Gasteiger partial charge in [0.25, 0.3) is 0 Å². The summed E-state index contributed by atoms with van der Waals surface area (Å²) in [5.41, 5.74) is 5.41. The molecule has 0 aliphatic carbocycles. The molecule has 0 saturated heterocycles. The lowest BCUT2D eigenvalue weighted by Crippen LogP contribution is -2.16. The molecular formula is C6H10N4O3. The highest BCUT2D eigenvalue weighted by molar-refractivity contribution is 5.45. The number of amides is 1. The quantitative estimate of drug-likeness (QED) is 0.472. The molecule has 7 nitrogen and oxygen atoms in total. The second-order valence-corrected chi connectivity index (χ2v) is 2.33. The number of nitrogens with two attached hydrogens (primary N) is 1. The van der Waals surface area contributed by atoms with Crippen LogP contribution in [0.2, 0.25) is 0 Å². The Bertz CT molecular complexity index is 275. The number of hydrogen-bond donors (Lipinski definition) is 3. The van der Waals surface area contributed by atoms with Crippen molar-refractivity contribution in [2.75, 3.05) is 6.61 Å². The predicted octanol–water partition coefficient (Wildman–Crippen LogP) is -1.69. The highest BCUT2D eigenvalue weighted by Crippen LogP contribution is 2.04. The van der Waals surface area contributed by atoms with Crippen LogP contribution in [0.4, 0.5) is 0 Å². The summed E-state index contributed by atoms with van der Waals surface area (Å²) in [5, 5.41) is 14.5. The van der Waals surface area contributed by atoms with Gasteiger partial charge in [-0.2, -0.15) is 4.98 Å². The van der Waals surface area contributed by atoms with Gasteiger partial charge >= 0.3 is 0 Å². The van der Waals surface area contributed by atoms with E-state index in [0.717, 1.165) is 0 Å². The van der Waals surface area contributed by atoms with E-state index in [2.05, 4.69) is 15.5 Å². The van der Waals surface area contributed by atoms with E-state index < -0.39 is 6.04 Å². The first-order valence-corrected chi connectivity index (χ1v) is 3.64. The van der Waals surface area contributed by atoms with Crippen molar-refractivity contribution in [3.8, 4) is 0 Å². The maximum atomic E-state index is 9.91. The van der Waals surface area contributed by atoms with E-state index in [1.165, 1.54) is 0 Å². The first kappa shape index (κ1) is 9.62. The Labute approximate surface area is 73.9 Å². The third-order valence-electron chi connectivity index (χ3n) is 1.35. The van der Waals surface area contributed by atoms with Crippen molar-refractivity contribution in [3.05, 3.63) is 11.7 Å². The number of nitrogens with zero attached hydrogens (tertiary/aromatic N) is 2. The van der Waals surface area contributed by atoms with Gasteiger partial charge in [0.1, 0.15) is 0 Å². The second kappa shape index (κ2) is 4.53. The number of carbonyl (C=O) groups excluding carboxylic acids is 1. The Morgan fingerprint density at radius 1 is 1.77 bits per heavy atom. The molecule has 1 rings (SSSR count). The summed E-state index contributed by atoms with van der Waals surface area (Å²) in [7, 11) is 0. The molecular weight excluding hydrogens is 176 g/mol. The molecule has 13 heavy (non-hydrogen) atoms. The highest BCUT2D eigenvalue weighted by Gasteiger charge is 2.12. The molecule has 72 valence electrons. The molecule has 1 heterocycles. The minimum atomic E-state index is -0.645. The molecule has 0 aromatic carbocycles. The van der Waals surface area contributed by atoms with Crippen LogP contribution in [0.1, 0.15) is 17.8 Å². The van der Waals surface area contributed by atoms with Crippen molar-refractivity contribution in [1.82, 2.24) is 15.5 Å². The topological polar surface area (TPSA) is 114 Å². The van der Waals surface area contributed by atoms with Gasteiger partial charge in [-0.3, -0.25) is 4.79 Å². The molecule has 0 aliphatic rings. The lowest BCUT2D eigenvalue weighted by molar-refractivity contribution is -0.109. The van der Waals surface area contributed by atoms with Crippen LogP contribution in [-0.2, 0) is 11.3 Å². The fourth-order valence-corrected chi connectivity index (χ4v) is 0.701. The van der Waals surface area contributed by atoms with Crippen LogP contribution in [0.5, 0.6) is 0 Å². The molecule has 0 radical (unpaired) electrons. The van der Waals surface area contributed by atoms with E-state index in [1.54, 1.807) is 0 Å². The minimum Gasteiger partial charge on any atom is -0.394 e. The lowest BCUT2D eigenvalue weighted by atomic mass is 10.3. The Morgan fingerprint density at radius 3 is 3.15 bits per heavy atom. The Hall–Kier alpha value is -1.47. The number of aliphatic hydroxyl groups is 1. The summed E-state index contributed by atoms with van der Waals surface area (Å²) < 4.78 is 4.72. The third kappa shape index (κ3) is 2.49. The van der Waals surface area contributed by atoms with Gasteiger partial charge < -0.3 is 20.7 Å². The van der Waals surface area contributed by atoms with E-state index >= 15 is 0 Å². The van der Waals surface area contributed by atoms with Crippen molar-refractivity contribution in [2.24, 2.45) is 5.73 Å². The lowest BCUT2D eigenvalue weighted by Gasteiger charge is -1.98. The fourth-order valence-electron chi connectivity index (χ4n) is 0.701. The van der Waals surface area contributed by atoms with E-state index in [9.17, 15) is 4.79 Å². The van der Waals surface area contributed by atoms with Crippen LogP contribution in [0.3, 0.4) is 0 Å². The van der Waals surface area contributed by atoms with Crippen LogP contribution in [0.15, 0.2) is 4.52 Å². The predicted molar refractivity (Wildman–Crippen MR) is 41.2 cm³/mol. The molecule has 7 heteroatoms. The maximum Gasteiger partial charge on any atom is 0.246 e. The molecule has 4 N–H and O–H groups in total. The van der Waals surface area contributed by atoms with Crippen LogP contribution < -0.4 is 11.1 Å². The zero-order valence-electron chi connectivity index (χ0n) is 6.80. The first-order valence-electron chi connectivity index (χ1n) is 3.64. The van der Waals surface area contributed by atoms with Crippen molar-refractivity contribution >= 4 is 6.41 Å². The van der Waals surface area contributed by atoms with Crippen LogP contribution in [-0.4, -0.2) is 28.3 Å². The molecule has 0 saturated carbocycles. The van der Waals surface area contributed by atoms with Gasteiger partial charge in [-0.15, -0.1) is 0 Å². The summed E-state index contributed by atoms with van der Waals surface area (Å²) in [4.78, 5) is 13.7. The maximum absolute atomic E-state index is 9.91. The van der Waals surface area contributed by atoms with Gasteiger partial charge in [0.2, 0.25) is 12.3 Å². The summed E-state index contributed by atoms with van der Waals surface area (Å²) in [6, 6.07) is -0.645. The first-order chi connectivity index (χ1) is 6.27. The molecule has 1 aromatic heterocycles. The van der Waals surface area contributed by atoms with E-state index in [0.29, 0.717) is 6.41 Å². The van der Waals surface area contributed by atoms with Gasteiger partial charge in [0, 0.05) is 0 Å². The monoisotopic (exact) mass is 186 g/mol. The normalized spacial score (nSPS) is 12.5. The van der Waals surface area contributed by atoms with E-state index in [1.807, 2.05) is 0 Å². The molecule has 1 atom stereocenters. The number of carbonyl (C=O) groups is 1. The largest absolute Gasteiger partial charge is 0.394 e. The average molecular weight is 186 g/mol. The van der Waals surface area contributed by atoms with Gasteiger partial charge in [-0.1, -0.05) is 5.16 Å². The third-order valence-corrected chi connectivity index (χ3v) is 1.35. The zero-order valence-corrected chi connectivity index (χ0v) is 6.80. The SMILES string of the molecule is NC(CO)c1noc(CNC=O)n1. The molecule has 0 fully saturated rings. The number of aliphatic hydroxyl groups excluding tert-OH is 1. The standard InChI is InChI=1S/C6H10N4O3/c7-4(2-11)6-9-5(13-10-6)1-8-3-12/h3-4,11H,1-2,7H2,(H,8,12). The smallest absolute Gasteiger partial charge is 0.246 e. The van der Waals surface area contributed by atoms with E-state index in [-0.39, 0.29) is 24.9 Å². The van der Waals surface area contributed by atoms with Crippen LogP contribution in [0, 0.1) is 0 Å². The molecule has 1 amide bonds. The summed E-state index contributed by atoms with van der Waals surface area (Å²) in [6.07, 6.45) is 0.524. The zero-order chi connectivity index (χ0) is 9.68. The fraction of sp³-hybridized carbons (Fsp3) is 0.500.